The van der Waals surface area contributed by atoms with Gasteiger partial charge in [-0.1, -0.05) is 0 Å². The van der Waals surface area contributed by atoms with Crippen LogP contribution in [-0.4, -0.2) is 22.1 Å². The van der Waals surface area contributed by atoms with Crippen molar-refractivity contribution >= 4 is 5.82 Å². The van der Waals surface area contributed by atoms with E-state index in [0.717, 1.165) is 5.56 Å². The van der Waals surface area contributed by atoms with Crippen LogP contribution in [0.4, 0.5) is 5.82 Å². The van der Waals surface area contributed by atoms with E-state index in [9.17, 15) is 0 Å². The molecule has 0 aliphatic heterocycles. The van der Waals surface area contributed by atoms with Crippen molar-refractivity contribution in [2.75, 3.05) is 12.8 Å². The Hall–Kier alpha value is -2.52. The van der Waals surface area contributed by atoms with Gasteiger partial charge in [0.05, 0.1) is 11.3 Å². The molecule has 90 valence electrons. The van der Waals surface area contributed by atoms with Gasteiger partial charge in [0, 0.05) is 31.1 Å². The highest BCUT2D eigenvalue weighted by molar-refractivity contribution is 5.62. The Morgan fingerprint density at radius 1 is 1.33 bits per heavy atom. The number of nitriles is 1. The molecule has 6 nitrogen and oxygen atoms in total. The Morgan fingerprint density at radius 3 is 2.89 bits per heavy atom. The van der Waals surface area contributed by atoms with Crippen molar-refractivity contribution in [3.05, 3.63) is 35.9 Å². The number of nitrogen functional groups attached to an aromatic ring is 1. The number of aromatic nitrogens is 3. The third kappa shape index (κ3) is 2.59. The van der Waals surface area contributed by atoms with E-state index in [1.54, 1.807) is 25.4 Å². The summed E-state index contributed by atoms with van der Waals surface area (Å²) in [6, 6.07) is 5.37. The van der Waals surface area contributed by atoms with Crippen LogP contribution in [0.3, 0.4) is 0 Å². The molecule has 0 radical (unpaired) electrons. The molecule has 0 saturated carbocycles. The van der Waals surface area contributed by atoms with Crippen LogP contribution < -0.4 is 5.73 Å². The molecule has 6 heteroatoms. The molecular weight excluding hydrogens is 230 g/mol. The minimum Gasteiger partial charge on any atom is -0.384 e. The number of nitrogens with two attached hydrogens (primary N) is 1. The number of nitrogens with zero attached hydrogens (tertiary/aromatic N) is 4. The van der Waals surface area contributed by atoms with Crippen molar-refractivity contribution in [1.82, 2.24) is 15.0 Å². The van der Waals surface area contributed by atoms with Crippen molar-refractivity contribution in [2.45, 2.75) is 6.61 Å². The molecule has 2 heterocycles. The number of anilines is 1. The molecule has 0 aliphatic carbocycles. The van der Waals surface area contributed by atoms with Gasteiger partial charge in [-0.05, 0) is 6.07 Å². The molecule has 0 aromatic carbocycles. The van der Waals surface area contributed by atoms with Crippen molar-refractivity contribution in [3.63, 3.8) is 0 Å². The monoisotopic (exact) mass is 241 g/mol. The molecule has 2 N–H and O–H groups in total. The molecule has 0 aliphatic rings. The van der Waals surface area contributed by atoms with Gasteiger partial charge in [0.1, 0.15) is 18.5 Å². The summed E-state index contributed by atoms with van der Waals surface area (Å²) >= 11 is 0. The second-order valence-corrected chi connectivity index (χ2v) is 3.60. The molecule has 0 fully saturated rings. The van der Waals surface area contributed by atoms with Gasteiger partial charge in [-0.2, -0.15) is 5.26 Å². The smallest absolute Gasteiger partial charge is 0.157 e. The zero-order valence-corrected chi connectivity index (χ0v) is 9.79. The van der Waals surface area contributed by atoms with E-state index < -0.39 is 0 Å². The lowest BCUT2D eigenvalue weighted by molar-refractivity contribution is 0.178. The average Bonchev–Trinajstić information content (AvgIpc) is 2.38. The summed E-state index contributed by atoms with van der Waals surface area (Å²) in [6.45, 7) is 0.281. The molecule has 0 saturated heterocycles. The Morgan fingerprint density at radius 2 is 2.17 bits per heavy atom. The van der Waals surface area contributed by atoms with E-state index >= 15 is 0 Å². The average molecular weight is 241 g/mol. The van der Waals surface area contributed by atoms with Crippen LogP contribution in [-0.2, 0) is 11.3 Å². The summed E-state index contributed by atoms with van der Waals surface area (Å²) in [6.07, 6.45) is 3.11. The number of methoxy groups -OCH3 is 1. The van der Waals surface area contributed by atoms with Crippen LogP contribution in [0.15, 0.2) is 24.5 Å². The third-order valence-electron chi connectivity index (χ3n) is 2.23. The van der Waals surface area contributed by atoms with Crippen LogP contribution >= 0.6 is 0 Å². The zero-order valence-electron chi connectivity index (χ0n) is 9.79. The summed E-state index contributed by atoms with van der Waals surface area (Å²) in [5, 5.41) is 8.83. The predicted octanol–water partition coefficient (Wildman–Crippen LogP) is 1.14. The standard InChI is InChI=1S/C12H11N5O/c1-18-7-12-16-10(3-11(14)17-12)9-2-8(4-13)5-15-6-9/h2-3,5-6H,7H2,1H3,(H2,14,16,17). The normalized spacial score (nSPS) is 10.0. The van der Waals surface area contributed by atoms with Gasteiger partial charge in [-0.3, -0.25) is 4.98 Å². The van der Waals surface area contributed by atoms with E-state index in [2.05, 4.69) is 15.0 Å². The summed E-state index contributed by atoms with van der Waals surface area (Å²) in [5.41, 5.74) is 7.52. The fourth-order valence-corrected chi connectivity index (χ4v) is 1.50. The topological polar surface area (TPSA) is 97.7 Å². The van der Waals surface area contributed by atoms with Gasteiger partial charge >= 0.3 is 0 Å². The fourth-order valence-electron chi connectivity index (χ4n) is 1.50. The zero-order chi connectivity index (χ0) is 13.0. The maximum absolute atomic E-state index is 8.83. The van der Waals surface area contributed by atoms with E-state index in [-0.39, 0.29) is 6.61 Å². The van der Waals surface area contributed by atoms with Gasteiger partial charge in [0.25, 0.3) is 0 Å². The maximum Gasteiger partial charge on any atom is 0.157 e. The SMILES string of the molecule is COCc1nc(N)cc(-c2cncc(C#N)c2)n1. The maximum atomic E-state index is 8.83. The molecule has 2 rings (SSSR count). The Kier molecular flexibility index (Phi) is 3.46. The second kappa shape index (κ2) is 5.21. The van der Waals surface area contributed by atoms with E-state index in [0.29, 0.717) is 22.9 Å². The van der Waals surface area contributed by atoms with Gasteiger partial charge < -0.3 is 10.5 Å². The predicted molar refractivity (Wildman–Crippen MR) is 65.1 cm³/mol. The second-order valence-electron chi connectivity index (χ2n) is 3.60. The number of rotatable bonds is 3. The van der Waals surface area contributed by atoms with E-state index in [1.165, 1.54) is 6.20 Å². The van der Waals surface area contributed by atoms with Crippen LogP contribution in [0, 0.1) is 11.3 Å². The first-order valence-electron chi connectivity index (χ1n) is 5.21. The minimum absolute atomic E-state index is 0.281. The Bertz CT molecular complexity index is 606. The molecule has 2 aromatic heterocycles. The minimum atomic E-state index is 0.281. The van der Waals surface area contributed by atoms with Gasteiger partial charge in [-0.25, -0.2) is 9.97 Å². The first kappa shape index (κ1) is 12.0. The molecule has 0 bridgehead atoms. The van der Waals surface area contributed by atoms with Gasteiger partial charge in [0.15, 0.2) is 5.82 Å². The Labute approximate surface area is 104 Å². The largest absolute Gasteiger partial charge is 0.384 e. The summed E-state index contributed by atoms with van der Waals surface area (Å²) < 4.78 is 4.97. The molecule has 0 atom stereocenters. The first-order chi connectivity index (χ1) is 8.72. The molecule has 2 aromatic rings. The number of hydrogen-bond acceptors (Lipinski definition) is 6. The summed E-state index contributed by atoms with van der Waals surface area (Å²) in [7, 11) is 1.56. The van der Waals surface area contributed by atoms with Crippen molar-refractivity contribution in [2.24, 2.45) is 0 Å². The van der Waals surface area contributed by atoms with Crippen LogP contribution in [0.5, 0.6) is 0 Å². The number of hydrogen-bond donors (Lipinski definition) is 1. The molecule has 0 spiro atoms. The van der Waals surface area contributed by atoms with Crippen LogP contribution in [0.1, 0.15) is 11.4 Å². The fraction of sp³-hybridized carbons (Fsp3) is 0.167. The quantitative estimate of drug-likeness (QED) is 0.865. The highest BCUT2D eigenvalue weighted by atomic mass is 16.5. The lowest BCUT2D eigenvalue weighted by Crippen LogP contribution is -2.02. The van der Waals surface area contributed by atoms with Gasteiger partial charge in [-0.15, -0.1) is 0 Å². The van der Waals surface area contributed by atoms with Crippen LogP contribution in [0.2, 0.25) is 0 Å². The molecule has 0 unspecified atom stereocenters. The molecular formula is C12H11N5O. The van der Waals surface area contributed by atoms with E-state index in [4.69, 9.17) is 15.7 Å². The first-order valence-corrected chi connectivity index (χ1v) is 5.21. The highest BCUT2D eigenvalue weighted by Gasteiger charge is 2.06. The molecule has 0 amide bonds. The lowest BCUT2D eigenvalue weighted by atomic mass is 10.1. The third-order valence-corrected chi connectivity index (χ3v) is 2.23. The van der Waals surface area contributed by atoms with Crippen molar-refractivity contribution in [3.8, 4) is 17.3 Å². The number of pyridine rings is 1. The number of ether oxygens (including phenoxy) is 1. The molecule has 18 heavy (non-hydrogen) atoms. The summed E-state index contributed by atoms with van der Waals surface area (Å²) in [5.74, 6) is 0.851. The summed E-state index contributed by atoms with van der Waals surface area (Å²) in [4.78, 5) is 12.3. The van der Waals surface area contributed by atoms with Crippen molar-refractivity contribution in [1.29, 1.82) is 5.26 Å². The van der Waals surface area contributed by atoms with Crippen molar-refractivity contribution < 1.29 is 4.74 Å². The van der Waals surface area contributed by atoms with Gasteiger partial charge in [0.2, 0.25) is 0 Å². The Balaban J connectivity index is 2.46. The lowest BCUT2D eigenvalue weighted by Gasteiger charge is -2.05. The van der Waals surface area contributed by atoms with Crippen LogP contribution in [0.25, 0.3) is 11.3 Å². The van der Waals surface area contributed by atoms with E-state index in [1.807, 2.05) is 6.07 Å². The highest BCUT2D eigenvalue weighted by Crippen LogP contribution is 2.19.